The molecule has 0 unspecified atom stereocenters. The Morgan fingerprint density at radius 2 is 1.65 bits per heavy atom. The Labute approximate surface area is 231 Å². The minimum Gasteiger partial charge on any atom is -0.497 e. The molecule has 4 aromatic rings. The third-order valence-corrected chi connectivity index (χ3v) is 6.02. The first-order valence-corrected chi connectivity index (χ1v) is 12.6. The number of carbonyl (C=O) groups is 2. The number of hydrogen-bond donors (Lipinski definition) is 2. The molecule has 40 heavy (non-hydrogen) atoms. The van der Waals surface area contributed by atoms with Gasteiger partial charge in [-0.3, -0.25) is 9.59 Å². The zero-order chi connectivity index (χ0) is 28.5. The maximum absolute atomic E-state index is 13.3. The number of benzene rings is 3. The molecule has 1 heterocycles. The van der Waals surface area contributed by atoms with Crippen molar-refractivity contribution in [3.8, 4) is 23.0 Å². The topological polar surface area (TPSA) is 121 Å². The van der Waals surface area contributed by atoms with Gasteiger partial charge >= 0.3 is 0 Å². The number of amides is 2. The van der Waals surface area contributed by atoms with Gasteiger partial charge in [-0.2, -0.15) is 0 Å². The first-order valence-electron chi connectivity index (χ1n) is 12.6. The van der Waals surface area contributed by atoms with E-state index in [1.165, 1.54) is 7.11 Å². The number of carbonyl (C=O) groups excluding carboxylic acids is 2. The van der Waals surface area contributed by atoms with Gasteiger partial charge in [0.05, 0.1) is 27.9 Å². The summed E-state index contributed by atoms with van der Waals surface area (Å²) < 4.78 is 27.5. The minimum atomic E-state index is -0.493. The Morgan fingerprint density at radius 3 is 2.40 bits per heavy atom. The van der Waals surface area contributed by atoms with Crippen LogP contribution < -0.4 is 35.2 Å². The van der Waals surface area contributed by atoms with Gasteiger partial charge in [-0.25, -0.2) is 5.43 Å². The maximum atomic E-state index is 13.3. The van der Waals surface area contributed by atoms with Gasteiger partial charge in [-0.15, -0.1) is 5.10 Å². The molecule has 0 saturated heterocycles. The summed E-state index contributed by atoms with van der Waals surface area (Å²) in [6, 6.07) is 19.2. The monoisotopic (exact) mass is 545 g/mol. The normalized spacial score (nSPS) is 11.2. The molecule has 0 radical (unpaired) electrons. The van der Waals surface area contributed by atoms with E-state index in [4.69, 9.17) is 23.4 Å². The van der Waals surface area contributed by atoms with Gasteiger partial charge in [0, 0.05) is 17.5 Å². The molecule has 0 bridgehead atoms. The van der Waals surface area contributed by atoms with Gasteiger partial charge in [0.1, 0.15) is 11.3 Å². The number of hydrogen-bond acceptors (Lipinski definition) is 8. The quantitative estimate of drug-likeness (QED) is 0.273. The van der Waals surface area contributed by atoms with E-state index >= 15 is 0 Å². The van der Waals surface area contributed by atoms with E-state index in [0.717, 1.165) is 5.56 Å². The molecular weight excluding hydrogens is 514 g/mol. The SMILES string of the molecule is CCOc1cccc2cc(C(=O)NCCc3ccc(OC)c(OC)c3)c(=NNC(=O)c3cccc(OC)c3)oc12. The van der Waals surface area contributed by atoms with Crippen LogP contribution in [-0.4, -0.2) is 46.3 Å². The van der Waals surface area contributed by atoms with E-state index in [0.29, 0.717) is 59.1 Å². The van der Waals surface area contributed by atoms with Crippen LogP contribution in [0.3, 0.4) is 0 Å². The van der Waals surface area contributed by atoms with Gasteiger partial charge in [-0.05, 0) is 61.4 Å². The van der Waals surface area contributed by atoms with Crippen LogP contribution >= 0.6 is 0 Å². The molecule has 3 aromatic carbocycles. The molecule has 4 rings (SSSR count). The predicted octanol–water partition coefficient (Wildman–Crippen LogP) is 4.08. The lowest BCUT2D eigenvalue weighted by Gasteiger charge is -2.11. The highest BCUT2D eigenvalue weighted by molar-refractivity contribution is 5.97. The summed E-state index contributed by atoms with van der Waals surface area (Å²) in [7, 11) is 4.66. The molecule has 0 atom stereocenters. The number of nitrogens with zero attached hydrogens (tertiary/aromatic N) is 1. The molecule has 0 aliphatic heterocycles. The van der Waals surface area contributed by atoms with Crippen molar-refractivity contribution >= 4 is 22.8 Å². The number of para-hydroxylation sites is 1. The second-order valence-corrected chi connectivity index (χ2v) is 8.55. The molecule has 10 heteroatoms. The van der Waals surface area contributed by atoms with E-state index in [-0.39, 0.29) is 11.1 Å². The Bertz CT molecular complexity index is 1580. The zero-order valence-electron chi connectivity index (χ0n) is 22.8. The standard InChI is InChI=1S/C30H31N3O7/c1-5-39-25-11-7-8-20-18-23(29(35)31-15-14-19-12-13-24(37-3)26(16-19)38-4)30(40-27(20)25)33-32-28(34)21-9-6-10-22(17-21)36-2/h6-13,16-18H,5,14-15H2,1-4H3,(H,31,35)(H,32,34). The molecule has 2 amide bonds. The van der Waals surface area contributed by atoms with Crippen molar-refractivity contribution in [3.63, 3.8) is 0 Å². The number of fused-ring (bicyclic) bond motifs is 1. The predicted molar refractivity (Wildman–Crippen MR) is 149 cm³/mol. The van der Waals surface area contributed by atoms with Gasteiger partial charge < -0.3 is 28.7 Å². The second-order valence-electron chi connectivity index (χ2n) is 8.55. The van der Waals surface area contributed by atoms with E-state index in [2.05, 4.69) is 15.8 Å². The molecule has 0 aliphatic carbocycles. The Kier molecular flexibility index (Phi) is 9.24. The van der Waals surface area contributed by atoms with Crippen LogP contribution in [0.4, 0.5) is 0 Å². The third kappa shape index (κ3) is 6.52. The van der Waals surface area contributed by atoms with Crippen molar-refractivity contribution in [2.24, 2.45) is 5.10 Å². The lowest BCUT2D eigenvalue weighted by Crippen LogP contribution is -2.32. The molecule has 0 fully saturated rings. The highest BCUT2D eigenvalue weighted by Gasteiger charge is 2.16. The van der Waals surface area contributed by atoms with Crippen LogP contribution in [0.2, 0.25) is 0 Å². The van der Waals surface area contributed by atoms with E-state index in [1.54, 1.807) is 56.7 Å². The molecule has 2 N–H and O–H groups in total. The summed E-state index contributed by atoms with van der Waals surface area (Å²) in [5.74, 6) is 1.35. The van der Waals surface area contributed by atoms with E-state index < -0.39 is 11.8 Å². The highest BCUT2D eigenvalue weighted by atomic mass is 16.5. The van der Waals surface area contributed by atoms with E-state index in [1.807, 2.05) is 31.2 Å². The molecular formula is C30H31N3O7. The summed E-state index contributed by atoms with van der Waals surface area (Å²) in [6.45, 7) is 2.62. The molecule has 0 saturated carbocycles. The Morgan fingerprint density at radius 1 is 0.850 bits per heavy atom. The average Bonchev–Trinajstić information content (AvgIpc) is 2.99. The fourth-order valence-electron chi connectivity index (χ4n) is 4.02. The number of nitrogens with one attached hydrogen (secondary N) is 2. The minimum absolute atomic E-state index is 0.0699. The zero-order valence-corrected chi connectivity index (χ0v) is 22.8. The first kappa shape index (κ1) is 28.0. The van der Waals surface area contributed by atoms with Gasteiger partial charge in [0.2, 0.25) is 5.55 Å². The summed E-state index contributed by atoms with van der Waals surface area (Å²) in [6.07, 6.45) is 0.546. The van der Waals surface area contributed by atoms with Crippen molar-refractivity contribution in [1.29, 1.82) is 0 Å². The summed E-state index contributed by atoms with van der Waals surface area (Å²) in [5.41, 5.74) is 4.25. The summed E-state index contributed by atoms with van der Waals surface area (Å²) >= 11 is 0. The van der Waals surface area contributed by atoms with Crippen LogP contribution in [0.25, 0.3) is 11.0 Å². The number of ether oxygens (including phenoxy) is 4. The fraction of sp³-hybridized carbons (Fsp3) is 0.233. The van der Waals surface area contributed by atoms with Crippen molar-refractivity contribution in [3.05, 3.63) is 89.0 Å². The van der Waals surface area contributed by atoms with Crippen molar-refractivity contribution in [2.45, 2.75) is 13.3 Å². The second kappa shape index (κ2) is 13.2. The van der Waals surface area contributed by atoms with Crippen molar-refractivity contribution in [1.82, 2.24) is 10.7 Å². The fourth-order valence-corrected chi connectivity index (χ4v) is 4.02. The Balaban J connectivity index is 1.61. The molecule has 0 spiro atoms. The molecule has 208 valence electrons. The largest absolute Gasteiger partial charge is 0.497 e. The maximum Gasteiger partial charge on any atom is 0.271 e. The van der Waals surface area contributed by atoms with Crippen LogP contribution in [0.1, 0.15) is 33.2 Å². The van der Waals surface area contributed by atoms with E-state index in [9.17, 15) is 9.59 Å². The van der Waals surface area contributed by atoms with Crippen LogP contribution in [0, 0.1) is 0 Å². The molecule has 1 aromatic heterocycles. The number of methoxy groups -OCH3 is 3. The molecule has 10 nitrogen and oxygen atoms in total. The van der Waals surface area contributed by atoms with Crippen LogP contribution in [0.5, 0.6) is 23.0 Å². The lowest BCUT2D eigenvalue weighted by atomic mass is 10.1. The highest BCUT2D eigenvalue weighted by Crippen LogP contribution is 2.28. The first-order chi connectivity index (χ1) is 19.5. The van der Waals surface area contributed by atoms with Crippen molar-refractivity contribution < 1.29 is 33.0 Å². The van der Waals surface area contributed by atoms with Gasteiger partial charge in [0.15, 0.2) is 22.8 Å². The van der Waals surface area contributed by atoms with Gasteiger partial charge in [-0.1, -0.05) is 24.3 Å². The molecule has 0 aliphatic rings. The lowest BCUT2D eigenvalue weighted by molar-refractivity contribution is 0.0934. The van der Waals surface area contributed by atoms with Crippen LogP contribution in [0.15, 0.2) is 76.2 Å². The summed E-state index contributed by atoms with van der Waals surface area (Å²) in [5, 5.41) is 7.71. The Hall–Kier alpha value is -4.99. The number of rotatable bonds is 11. The van der Waals surface area contributed by atoms with Crippen LogP contribution in [-0.2, 0) is 6.42 Å². The smallest absolute Gasteiger partial charge is 0.271 e. The third-order valence-electron chi connectivity index (χ3n) is 6.02. The summed E-state index contributed by atoms with van der Waals surface area (Å²) in [4.78, 5) is 26.1. The van der Waals surface area contributed by atoms with Crippen molar-refractivity contribution in [2.75, 3.05) is 34.5 Å². The van der Waals surface area contributed by atoms with Gasteiger partial charge in [0.25, 0.3) is 11.8 Å². The average molecular weight is 546 g/mol.